The van der Waals surface area contributed by atoms with E-state index in [2.05, 4.69) is 9.71 Å². The van der Waals surface area contributed by atoms with Crippen molar-refractivity contribution >= 4 is 15.7 Å². The van der Waals surface area contributed by atoms with Gasteiger partial charge in [-0.15, -0.1) is 0 Å². The lowest BCUT2D eigenvalue weighted by molar-refractivity contribution is 0.417. The summed E-state index contributed by atoms with van der Waals surface area (Å²) in [7, 11) is -2.32. The molecule has 0 spiro atoms. The molecule has 0 aliphatic heterocycles. The Morgan fingerprint density at radius 1 is 1.25 bits per heavy atom. The van der Waals surface area contributed by atoms with Crippen LogP contribution in [0.3, 0.4) is 0 Å². The fourth-order valence-electron chi connectivity index (χ4n) is 1.54. The van der Waals surface area contributed by atoms with Gasteiger partial charge in [-0.1, -0.05) is 12.1 Å². The van der Waals surface area contributed by atoms with Crippen molar-refractivity contribution in [1.29, 1.82) is 5.26 Å². The smallest absolute Gasteiger partial charge is 0.263 e. The van der Waals surface area contributed by atoms with Crippen LogP contribution < -0.4 is 9.46 Å². The molecule has 1 aromatic carbocycles. The van der Waals surface area contributed by atoms with Gasteiger partial charge in [-0.05, 0) is 24.3 Å². The van der Waals surface area contributed by atoms with E-state index < -0.39 is 10.0 Å². The third kappa shape index (κ3) is 2.87. The Kier molecular flexibility index (Phi) is 3.86. The van der Waals surface area contributed by atoms with Crippen LogP contribution in [0.25, 0.3) is 0 Å². The minimum Gasteiger partial charge on any atom is -0.495 e. The first-order chi connectivity index (χ1) is 9.56. The van der Waals surface area contributed by atoms with E-state index in [9.17, 15) is 8.42 Å². The number of methoxy groups -OCH3 is 1. The zero-order valence-electron chi connectivity index (χ0n) is 10.6. The van der Waals surface area contributed by atoms with Gasteiger partial charge >= 0.3 is 0 Å². The van der Waals surface area contributed by atoms with Crippen LogP contribution in [-0.2, 0) is 10.0 Å². The molecule has 2 aromatic rings. The lowest BCUT2D eigenvalue weighted by Gasteiger charge is -2.11. The second-order valence-electron chi connectivity index (χ2n) is 3.80. The number of anilines is 1. The molecule has 1 aromatic heterocycles. The molecule has 0 radical (unpaired) electrons. The van der Waals surface area contributed by atoms with Gasteiger partial charge in [0.05, 0.1) is 12.8 Å². The highest BCUT2D eigenvalue weighted by atomic mass is 32.2. The van der Waals surface area contributed by atoms with Gasteiger partial charge in [0.25, 0.3) is 10.0 Å². The van der Waals surface area contributed by atoms with Gasteiger partial charge in [-0.2, -0.15) is 5.26 Å². The highest BCUT2D eigenvalue weighted by Crippen LogP contribution is 2.25. The summed E-state index contributed by atoms with van der Waals surface area (Å²) in [6, 6.07) is 11.2. The topological polar surface area (TPSA) is 92.1 Å². The van der Waals surface area contributed by atoms with Crippen LogP contribution in [0.4, 0.5) is 5.69 Å². The second kappa shape index (κ2) is 5.59. The van der Waals surface area contributed by atoms with Crippen LogP contribution in [0.1, 0.15) is 5.69 Å². The highest BCUT2D eigenvalue weighted by molar-refractivity contribution is 7.92. The van der Waals surface area contributed by atoms with Gasteiger partial charge in [0.15, 0.2) is 0 Å². The molecule has 0 saturated carbocycles. The van der Waals surface area contributed by atoms with Crippen molar-refractivity contribution < 1.29 is 13.2 Å². The lowest BCUT2D eigenvalue weighted by Crippen LogP contribution is -2.14. The van der Waals surface area contributed by atoms with E-state index in [0.29, 0.717) is 11.4 Å². The number of hydrogen-bond donors (Lipinski definition) is 1. The minimum atomic E-state index is -3.77. The van der Waals surface area contributed by atoms with Crippen LogP contribution in [-0.4, -0.2) is 20.5 Å². The molecule has 0 saturated heterocycles. The normalized spacial score (nSPS) is 10.6. The number of sulfonamides is 1. The predicted octanol–water partition coefficient (Wildman–Crippen LogP) is 1.76. The maximum absolute atomic E-state index is 12.2. The third-order valence-corrected chi connectivity index (χ3v) is 3.86. The number of nitrogens with zero attached hydrogens (tertiary/aromatic N) is 2. The first kappa shape index (κ1) is 13.8. The zero-order valence-corrected chi connectivity index (χ0v) is 11.4. The molecule has 6 nitrogen and oxygen atoms in total. The molecule has 1 heterocycles. The number of rotatable bonds is 4. The lowest BCUT2D eigenvalue weighted by atomic mass is 10.3. The maximum Gasteiger partial charge on any atom is 0.263 e. The Bertz CT molecular complexity index is 749. The molecule has 0 bridgehead atoms. The van der Waals surface area contributed by atoms with Crippen molar-refractivity contribution in [3.05, 3.63) is 48.3 Å². The van der Waals surface area contributed by atoms with Crippen LogP contribution >= 0.6 is 0 Å². The third-order valence-electron chi connectivity index (χ3n) is 2.51. The van der Waals surface area contributed by atoms with Crippen LogP contribution in [0.2, 0.25) is 0 Å². The van der Waals surface area contributed by atoms with Crippen LogP contribution in [0, 0.1) is 11.3 Å². The maximum atomic E-state index is 12.2. The number of pyridine rings is 1. The van der Waals surface area contributed by atoms with Gasteiger partial charge < -0.3 is 4.74 Å². The summed E-state index contributed by atoms with van der Waals surface area (Å²) in [5.74, 6) is 0.415. The number of benzene rings is 1. The molecule has 0 unspecified atom stereocenters. The van der Waals surface area contributed by atoms with Gasteiger partial charge in [-0.3, -0.25) is 4.72 Å². The van der Waals surface area contributed by atoms with Crippen LogP contribution in [0.15, 0.2) is 47.5 Å². The summed E-state index contributed by atoms with van der Waals surface area (Å²) in [5, 5.41) is 8.64. The molecule has 102 valence electrons. The van der Waals surface area contributed by atoms with Gasteiger partial charge in [-0.25, -0.2) is 13.4 Å². The van der Waals surface area contributed by atoms with Crippen molar-refractivity contribution in [3.8, 4) is 11.8 Å². The standard InChI is InChI=1S/C13H11N3O3S/c1-19-13-5-3-2-4-12(13)16-20(17,18)11-7-6-10(8-14)15-9-11/h2-7,9,16H,1H3. The van der Waals surface area contributed by atoms with Gasteiger partial charge in [0, 0.05) is 6.20 Å². The molecule has 0 fully saturated rings. The van der Waals surface area contributed by atoms with E-state index in [1.54, 1.807) is 24.3 Å². The molecule has 0 aliphatic carbocycles. The summed E-state index contributed by atoms with van der Waals surface area (Å²) in [6.07, 6.45) is 1.14. The number of nitrogens with one attached hydrogen (secondary N) is 1. The summed E-state index contributed by atoms with van der Waals surface area (Å²) in [6.45, 7) is 0. The molecular formula is C13H11N3O3S. The van der Waals surface area contributed by atoms with E-state index in [4.69, 9.17) is 10.00 Å². The van der Waals surface area contributed by atoms with E-state index in [0.717, 1.165) is 6.20 Å². The Hall–Kier alpha value is -2.59. The molecule has 20 heavy (non-hydrogen) atoms. The number of hydrogen-bond acceptors (Lipinski definition) is 5. The van der Waals surface area contributed by atoms with Gasteiger partial charge in [0.2, 0.25) is 0 Å². The van der Waals surface area contributed by atoms with Gasteiger partial charge in [0.1, 0.15) is 22.4 Å². The van der Waals surface area contributed by atoms with Crippen molar-refractivity contribution in [2.75, 3.05) is 11.8 Å². The number of nitriles is 1. The largest absolute Gasteiger partial charge is 0.495 e. The summed E-state index contributed by atoms with van der Waals surface area (Å²) in [5.41, 5.74) is 0.487. The fraction of sp³-hybridized carbons (Fsp3) is 0.0769. The molecule has 1 N–H and O–H groups in total. The Morgan fingerprint density at radius 3 is 2.60 bits per heavy atom. The monoisotopic (exact) mass is 289 g/mol. The highest BCUT2D eigenvalue weighted by Gasteiger charge is 2.16. The molecule has 2 rings (SSSR count). The summed E-state index contributed by atoms with van der Waals surface area (Å²) in [4.78, 5) is 3.71. The quantitative estimate of drug-likeness (QED) is 0.926. The Balaban J connectivity index is 2.33. The van der Waals surface area contributed by atoms with Crippen molar-refractivity contribution in [2.24, 2.45) is 0 Å². The predicted molar refractivity (Wildman–Crippen MR) is 72.8 cm³/mol. The van der Waals surface area contributed by atoms with E-state index >= 15 is 0 Å². The number of para-hydroxylation sites is 2. The first-order valence-electron chi connectivity index (χ1n) is 5.59. The molecular weight excluding hydrogens is 278 g/mol. The fourth-order valence-corrected chi connectivity index (χ4v) is 2.55. The average Bonchev–Trinajstić information content (AvgIpc) is 2.47. The summed E-state index contributed by atoms with van der Waals surface area (Å²) >= 11 is 0. The zero-order chi connectivity index (χ0) is 14.6. The van der Waals surface area contributed by atoms with E-state index in [1.165, 1.54) is 19.2 Å². The van der Waals surface area contributed by atoms with Crippen molar-refractivity contribution in [2.45, 2.75) is 4.90 Å². The Labute approximate surface area is 116 Å². The van der Waals surface area contributed by atoms with Crippen molar-refractivity contribution in [3.63, 3.8) is 0 Å². The molecule has 7 heteroatoms. The minimum absolute atomic E-state index is 0.0255. The number of ether oxygens (including phenoxy) is 1. The van der Waals surface area contributed by atoms with E-state index in [-0.39, 0.29) is 10.6 Å². The second-order valence-corrected chi connectivity index (χ2v) is 5.48. The molecule has 0 aliphatic rings. The number of aromatic nitrogens is 1. The Morgan fingerprint density at radius 2 is 2.00 bits per heavy atom. The SMILES string of the molecule is COc1ccccc1NS(=O)(=O)c1ccc(C#N)nc1. The van der Waals surface area contributed by atoms with Crippen LogP contribution in [0.5, 0.6) is 5.75 Å². The first-order valence-corrected chi connectivity index (χ1v) is 7.07. The molecule has 0 amide bonds. The summed E-state index contributed by atoms with van der Waals surface area (Å²) < 4.78 is 31.9. The average molecular weight is 289 g/mol. The van der Waals surface area contributed by atoms with Crippen molar-refractivity contribution in [1.82, 2.24) is 4.98 Å². The van der Waals surface area contributed by atoms with E-state index in [1.807, 2.05) is 6.07 Å². The molecule has 0 atom stereocenters.